The van der Waals surface area contributed by atoms with Gasteiger partial charge in [0.2, 0.25) is 0 Å². The number of alkyl halides is 1. The number of rotatable bonds is 2. The topological polar surface area (TPSA) is 43.1 Å². The molecule has 0 bridgehead atoms. The molecule has 13 heavy (non-hydrogen) atoms. The lowest BCUT2D eigenvalue weighted by Crippen LogP contribution is -2.34. The number of allylic oxidation sites excluding steroid dienone is 3. The normalized spacial score (nSPS) is 27.5. The second kappa shape index (κ2) is 3.52. The van der Waals surface area contributed by atoms with Crippen molar-refractivity contribution in [3.63, 3.8) is 0 Å². The third-order valence-electron chi connectivity index (χ3n) is 1.80. The highest BCUT2D eigenvalue weighted by molar-refractivity contribution is 6.39. The summed E-state index contributed by atoms with van der Waals surface area (Å²) in [6.07, 6.45) is 4.69. The van der Waals surface area contributed by atoms with Crippen molar-refractivity contribution < 1.29 is 4.92 Å². The number of nitrogens with zero attached hydrogens (tertiary/aromatic N) is 1. The minimum Gasteiger partial charge on any atom is -0.262 e. The molecule has 0 heterocycles. The third-order valence-corrected chi connectivity index (χ3v) is 2.81. The van der Waals surface area contributed by atoms with Crippen LogP contribution in [0.1, 0.15) is 6.42 Å². The van der Waals surface area contributed by atoms with Crippen LogP contribution in [-0.4, -0.2) is 9.92 Å². The molecule has 1 unspecified atom stereocenters. The maximum atomic E-state index is 10.6. The lowest BCUT2D eigenvalue weighted by Gasteiger charge is -2.20. The fourth-order valence-corrected chi connectivity index (χ4v) is 1.43. The molecular weight excluding hydrogens is 213 g/mol. The molecule has 70 valence electrons. The van der Waals surface area contributed by atoms with Gasteiger partial charge in [-0.3, -0.25) is 10.1 Å². The molecule has 0 aliphatic heterocycles. The van der Waals surface area contributed by atoms with E-state index in [0.29, 0.717) is 5.57 Å². The van der Waals surface area contributed by atoms with Crippen LogP contribution in [0.25, 0.3) is 0 Å². The summed E-state index contributed by atoms with van der Waals surface area (Å²) in [4.78, 5) is 8.33. The van der Waals surface area contributed by atoms with Crippen LogP contribution in [-0.2, 0) is 0 Å². The monoisotopic (exact) mass is 219 g/mol. The van der Waals surface area contributed by atoms with Gasteiger partial charge >= 0.3 is 5.00 Å². The van der Waals surface area contributed by atoms with Crippen molar-refractivity contribution in [2.75, 3.05) is 0 Å². The first-order chi connectivity index (χ1) is 6.00. The van der Waals surface area contributed by atoms with Gasteiger partial charge in [-0.15, -0.1) is 0 Å². The van der Waals surface area contributed by atoms with Crippen LogP contribution in [0.5, 0.6) is 0 Å². The minimum absolute atomic E-state index is 0.0322. The molecule has 0 saturated carbocycles. The van der Waals surface area contributed by atoms with E-state index >= 15 is 0 Å². The summed E-state index contributed by atoms with van der Waals surface area (Å²) in [5.74, 6) is 0. The van der Waals surface area contributed by atoms with Gasteiger partial charge in [0.15, 0.2) is 0 Å². The molecule has 0 amide bonds. The Balaban J connectivity index is 3.06. The van der Waals surface area contributed by atoms with E-state index < -0.39 is 9.92 Å². The fraction of sp³-hybridized carbons (Fsp3) is 0.250. The van der Waals surface area contributed by atoms with Crippen LogP contribution in [0, 0.1) is 10.1 Å². The number of nitro groups is 1. The lowest BCUT2D eigenvalue weighted by atomic mass is 10.0. The summed E-state index contributed by atoms with van der Waals surface area (Å²) in [6, 6.07) is 0. The molecule has 3 nitrogen and oxygen atoms in total. The van der Waals surface area contributed by atoms with Crippen LogP contribution in [0.3, 0.4) is 0 Å². The maximum absolute atomic E-state index is 10.6. The quantitative estimate of drug-likeness (QED) is 0.311. The van der Waals surface area contributed by atoms with E-state index in [1.807, 2.05) is 0 Å². The van der Waals surface area contributed by atoms with Gasteiger partial charge in [-0.25, -0.2) is 0 Å². The van der Waals surface area contributed by atoms with E-state index in [1.54, 1.807) is 6.08 Å². The zero-order valence-corrected chi connectivity index (χ0v) is 8.18. The van der Waals surface area contributed by atoms with E-state index in [-0.39, 0.29) is 11.5 Å². The van der Waals surface area contributed by atoms with Crippen molar-refractivity contribution in [1.82, 2.24) is 0 Å². The van der Waals surface area contributed by atoms with Gasteiger partial charge < -0.3 is 0 Å². The molecule has 1 aliphatic carbocycles. The third kappa shape index (κ3) is 1.76. The van der Waals surface area contributed by atoms with Crippen LogP contribution >= 0.6 is 23.2 Å². The van der Waals surface area contributed by atoms with Crippen molar-refractivity contribution in [1.29, 1.82) is 0 Å². The van der Waals surface area contributed by atoms with Gasteiger partial charge in [-0.05, 0) is 23.3 Å². The summed E-state index contributed by atoms with van der Waals surface area (Å²) in [6.45, 7) is 3.51. The summed E-state index contributed by atoms with van der Waals surface area (Å²) in [7, 11) is 0. The Bertz CT molecular complexity index is 322. The summed E-state index contributed by atoms with van der Waals surface area (Å²) < 4.78 is 0. The zero-order valence-electron chi connectivity index (χ0n) is 6.67. The first-order valence-electron chi connectivity index (χ1n) is 3.53. The Morgan fingerprint density at radius 2 is 2.31 bits per heavy atom. The first-order valence-corrected chi connectivity index (χ1v) is 4.29. The van der Waals surface area contributed by atoms with Gasteiger partial charge in [0.25, 0.3) is 0 Å². The highest BCUT2D eigenvalue weighted by Crippen LogP contribution is 2.38. The molecule has 5 heteroatoms. The van der Waals surface area contributed by atoms with Crippen molar-refractivity contribution in [2.24, 2.45) is 0 Å². The Hall–Kier alpha value is -0.800. The van der Waals surface area contributed by atoms with Crippen LogP contribution in [0.4, 0.5) is 0 Å². The molecular formula is C8H7Cl2NO2. The second-order valence-electron chi connectivity index (χ2n) is 2.65. The average molecular weight is 220 g/mol. The minimum atomic E-state index is -1.71. The molecule has 0 N–H and O–H groups in total. The molecule has 0 aromatic carbocycles. The van der Waals surface area contributed by atoms with E-state index in [9.17, 15) is 10.1 Å². The summed E-state index contributed by atoms with van der Waals surface area (Å²) in [5, 5.41) is 10.7. The van der Waals surface area contributed by atoms with Crippen molar-refractivity contribution >= 4 is 23.2 Å². The number of hydrogen-bond donors (Lipinski definition) is 0. The molecule has 1 aliphatic rings. The molecule has 0 fully saturated rings. The van der Waals surface area contributed by atoms with E-state index in [2.05, 4.69) is 6.58 Å². The molecule has 1 rings (SSSR count). The van der Waals surface area contributed by atoms with Crippen LogP contribution in [0.2, 0.25) is 0 Å². The van der Waals surface area contributed by atoms with E-state index in [4.69, 9.17) is 23.2 Å². The molecule has 0 aromatic rings. The largest absolute Gasteiger partial charge is 0.334 e. The fourth-order valence-electron chi connectivity index (χ4n) is 1.01. The van der Waals surface area contributed by atoms with Gasteiger partial charge in [0, 0.05) is 4.92 Å². The van der Waals surface area contributed by atoms with Crippen molar-refractivity contribution in [3.05, 3.63) is 45.5 Å². The molecule has 0 spiro atoms. The average Bonchev–Trinajstić information content (AvgIpc) is 2.09. The number of hydrogen-bond acceptors (Lipinski definition) is 2. The Morgan fingerprint density at radius 1 is 1.69 bits per heavy atom. The van der Waals surface area contributed by atoms with Crippen LogP contribution < -0.4 is 0 Å². The molecule has 0 saturated heterocycles. The highest BCUT2D eigenvalue weighted by atomic mass is 35.5. The summed E-state index contributed by atoms with van der Waals surface area (Å²) in [5.41, 5.74) is 0.705. The van der Waals surface area contributed by atoms with Gasteiger partial charge in [-0.1, -0.05) is 30.3 Å². The van der Waals surface area contributed by atoms with Gasteiger partial charge in [-0.2, -0.15) is 0 Å². The predicted octanol–water partition coefficient (Wildman–Crippen LogP) is 2.84. The Morgan fingerprint density at radius 3 is 2.77 bits per heavy atom. The van der Waals surface area contributed by atoms with Crippen molar-refractivity contribution in [3.8, 4) is 0 Å². The SMILES string of the molecule is C=CC1=CC=C(Cl)C(Cl)([N+](=O)[O-])C1. The van der Waals surface area contributed by atoms with Crippen molar-refractivity contribution in [2.45, 2.75) is 11.4 Å². The van der Waals surface area contributed by atoms with Crippen LogP contribution in [0.15, 0.2) is 35.4 Å². The molecule has 0 aromatic heterocycles. The molecule has 0 radical (unpaired) electrons. The Labute approximate surface area is 85.5 Å². The molecule has 1 atom stereocenters. The van der Waals surface area contributed by atoms with Gasteiger partial charge in [0.1, 0.15) is 5.03 Å². The first kappa shape index (κ1) is 10.3. The smallest absolute Gasteiger partial charge is 0.262 e. The predicted molar refractivity (Wildman–Crippen MR) is 52.4 cm³/mol. The second-order valence-corrected chi connectivity index (χ2v) is 3.69. The van der Waals surface area contributed by atoms with E-state index in [0.717, 1.165) is 0 Å². The summed E-state index contributed by atoms with van der Waals surface area (Å²) >= 11 is 11.4. The highest BCUT2D eigenvalue weighted by Gasteiger charge is 2.45. The zero-order chi connectivity index (χ0) is 10.1. The maximum Gasteiger partial charge on any atom is 0.334 e. The lowest BCUT2D eigenvalue weighted by molar-refractivity contribution is -0.528. The standard InChI is InChI=1S/C8H7Cl2NO2/c1-2-6-3-4-7(9)8(10,5-6)11(12)13/h2-4H,1,5H2. The van der Waals surface area contributed by atoms with Gasteiger partial charge in [0.05, 0.1) is 6.42 Å². The number of halogens is 2. The Kier molecular flexibility index (Phi) is 2.78. The van der Waals surface area contributed by atoms with E-state index in [1.165, 1.54) is 12.2 Å².